The molecule has 1 fully saturated rings. The van der Waals surface area contributed by atoms with Gasteiger partial charge in [-0.1, -0.05) is 6.92 Å². The second-order valence-electron chi connectivity index (χ2n) is 4.45. The van der Waals surface area contributed by atoms with Crippen molar-refractivity contribution >= 4 is 11.9 Å². The standard InChI is InChI=1S/C12H20O4/c1-9-3-5-10(6-4-9)16-12(14)8-7-11(13)15-2/h9-10H,3-8H2,1-2H3. The van der Waals surface area contributed by atoms with Gasteiger partial charge in [-0.25, -0.2) is 0 Å². The predicted octanol–water partition coefficient (Wildman–Crippen LogP) is 2.06. The highest BCUT2D eigenvalue weighted by Crippen LogP contribution is 2.25. The first kappa shape index (κ1) is 13.0. The molecule has 4 heteroatoms. The molecule has 16 heavy (non-hydrogen) atoms. The minimum Gasteiger partial charge on any atom is -0.469 e. The van der Waals surface area contributed by atoms with Crippen LogP contribution in [0.3, 0.4) is 0 Å². The van der Waals surface area contributed by atoms with Crippen molar-refractivity contribution < 1.29 is 19.1 Å². The van der Waals surface area contributed by atoms with Gasteiger partial charge in [-0.3, -0.25) is 9.59 Å². The molecule has 1 saturated carbocycles. The Morgan fingerprint density at radius 2 is 1.62 bits per heavy atom. The zero-order valence-electron chi connectivity index (χ0n) is 10.0. The van der Waals surface area contributed by atoms with Crippen molar-refractivity contribution in [1.82, 2.24) is 0 Å². The molecular weight excluding hydrogens is 208 g/mol. The first-order valence-corrected chi connectivity index (χ1v) is 5.88. The van der Waals surface area contributed by atoms with E-state index in [9.17, 15) is 9.59 Å². The van der Waals surface area contributed by atoms with Crippen LogP contribution in [0.15, 0.2) is 0 Å². The summed E-state index contributed by atoms with van der Waals surface area (Å²) in [5.74, 6) is 0.0872. The monoisotopic (exact) mass is 228 g/mol. The van der Waals surface area contributed by atoms with Crippen molar-refractivity contribution in [3.63, 3.8) is 0 Å². The molecule has 0 aliphatic heterocycles. The summed E-state index contributed by atoms with van der Waals surface area (Å²) in [4.78, 5) is 22.2. The van der Waals surface area contributed by atoms with Crippen LogP contribution in [0.5, 0.6) is 0 Å². The molecule has 0 atom stereocenters. The van der Waals surface area contributed by atoms with E-state index in [0.29, 0.717) is 0 Å². The molecule has 0 spiro atoms. The van der Waals surface area contributed by atoms with Crippen molar-refractivity contribution in [2.45, 2.75) is 51.6 Å². The van der Waals surface area contributed by atoms with Gasteiger partial charge in [0.2, 0.25) is 0 Å². The quantitative estimate of drug-likeness (QED) is 0.691. The molecule has 0 amide bonds. The second-order valence-corrected chi connectivity index (χ2v) is 4.45. The van der Waals surface area contributed by atoms with Crippen molar-refractivity contribution in [2.75, 3.05) is 7.11 Å². The number of carbonyl (C=O) groups excluding carboxylic acids is 2. The molecule has 1 aliphatic rings. The number of esters is 2. The maximum absolute atomic E-state index is 11.4. The smallest absolute Gasteiger partial charge is 0.306 e. The van der Waals surface area contributed by atoms with Gasteiger partial charge in [0.1, 0.15) is 6.10 Å². The van der Waals surface area contributed by atoms with E-state index in [1.54, 1.807) is 0 Å². The van der Waals surface area contributed by atoms with Gasteiger partial charge in [-0.2, -0.15) is 0 Å². The number of rotatable bonds is 4. The third-order valence-corrected chi connectivity index (χ3v) is 3.02. The Bertz CT molecular complexity index is 241. The van der Waals surface area contributed by atoms with Gasteiger partial charge in [-0.05, 0) is 31.6 Å². The molecule has 1 rings (SSSR count). The number of methoxy groups -OCH3 is 1. The van der Waals surface area contributed by atoms with Crippen LogP contribution in [0.25, 0.3) is 0 Å². The van der Waals surface area contributed by atoms with Crippen molar-refractivity contribution in [3.05, 3.63) is 0 Å². The van der Waals surface area contributed by atoms with E-state index < -0.39 is 0 Å². The Morgan fingerprint density at radius 1 is 1.06 bits per heavy atom. The Hall–Kier alpha value is -1.06. The first-order valence-electron chi connectivity index (χ1n) is 5.88. The zero-order chi connectivity index (χ0) is 12.0. The van der Waals surface area contributed by atoms with Crippen molar-refractivity contribution in [3.8, 4) is 0 Å². The molecule has 0 heterocycles. The lowest BCUT2D eigenvalue weighted by atomic mass is 9.89. The molecule has 0 aromatic rings. The fraction of sp³-hybridized carbons (Fsp3) is 0.833. The van der Waals surface area contributed by atoms with E-state index in [0.717, 1.165) is 31.6 Å². The Kier molecular flexibility index (Phi) is 5.29. The van der Waals surface area contributed by atoms with E-state index >= 15 is 0 Å². The van der Waals surface area contributed by atoms with Gasteiger partial charge >= 0.3 is 11.9 Å². The maximum Gasteiger partial charge on any atom is 0.306 e. The van der Waals surface area contributed by atoms with Gasteiger partial charge < -0.3 is 9.47 Å². The average molecular weight is 228 g/mol. The van der Waals surface area contributed by atoms with Gasteiger partial charge in [0.15, 0.2) is 0 Å². The summed E-state index contributed by atoms with van der Waals surface area (Å²) in [6, 6.07) is 0. The summed E-state index contributed by atoms with van der Waals surface area (Å²) in [5, 5.41) is 0. The van der Waals surface area contributed by atoms with Crippen LogP contribution in [0.4, 0.5) is 0 Å². The molecule has 0 aromatic heterocycles. The Balaban J connectivity index is 2.16. The average Bonchev–Trinajstić information content (AvgIpc) is 2.29. The van der Waals surface area contributed by atoms with E-state index in [2.05, 4.69) is 11.7 Å². The van der Waals surface area contributed by atoms with Crippen LogP contribution in [0, 0.1) is 5.92 Å². The lowest BCUT2D eigenvalue weighted by molar-refractivity contribution is -0.154. The molecule has 0 N–H and O–H groups in total. The highest BCUT2D eigenvalue weighted by molar-refractivity contribution is 5.77. The fourth-order valence-electron chi connectivity index (χ4n) is 1.90. The largest absolute Gasteiger partial charge is 0.469 e. The minimum atomic E-state index is -0.366. The predicted molar refractivity (Wildman–Crippen MR) is 58.8 cm³/mol. The third-order valence-electron chi connectivity index (χ3n) is 3.02. The summed E-state index contributed by atoms with van der Waals surface area (Å²) in [6.07, 6.45) is 4.43. The summed E-state index contributed by atoms with van der Waals surface area (Å²) >= 11 is 0. The van der Waals surface area contributed by atoms with Crippen LogP contribution >= 0.6 is 0 Å². The SMILES string of the molecule is COC(=O)CCC(=O)OC1CCC(C)CC1. The van der Waals surface area contributed by atoms with Crippen LogP contribution in [0.2, 0.25) is 0 Å². The Labute approximate surface area is 96.3 Å². The lowest BCUT2D eigenvalue weighted by Gasteiger charge is -2.25. The summed E-state index contributed by atoms with van der Waals surface area (Å²) in [5.41, 5.74) is 0. The van der Waals surface area contributed by atoms with Crippen LogP contribution in [-0.2, 0) is 19.1 Å². The number of ether oxygens (including phenoxy) is 2. The number of hydrogen-bond acceptors (Lipinski definition) is 4. The second kappa shape index (κ2) is 6.51. The number of carbonyl (C=O) groups is 2. The van der Waals surface area contributed by atoms with Gasteiger partial charge in [0.05, 0.1) is 20.0 Å². The first-order chi connectivity index (χ1) is 7.61. The molecule has 0 unspecified atom stereocenters. The molecule has 0 bridgehead atoms. The molecule has 0 radical (unpaired) electrons. The van der Waals surface area contributed by atoms with Gasteiger partial charge in [0, 0.05) is 0 Å². The molecule has 0 aromatic carbocycles. The summed E-state index contributed by atoms with van der Waals surface area (Å²) in [7, 11) is 1.32. The minimum absolute atomic E-state index is 0.0568. The van der Waals surface area contributed by atoms with Crippen LogP contribution in [-0.4, -0.2) is 25.2 Å². The van der Waals surface area contributed by atoms with Crippen molar-refractivity contribution in [1.29, 1.82) is 0 Å². The van der Waals surface area contributed by atoms with Crippen LogP contribution < -0.4 is 0 Å². The van der Waals surface area contributed by atoms with Crippen molar-refractivity contribution in [2.24, 2.45) is 5.92 Å². The maximum atomic E-state index is 11.4. The lowest BCUT2D eigenvalue weighted by Crippen LogP contribution is -2.23. The highest BCUT2D eigenvalue weighted by Gasteiger charge is 2.21. The third kappa shape index (κ3) is 4.64. The molecule has 4 nitrogen and oxygen atoms in total. The van der Waals surface area contributed by atoms with Gasteiger partial charge in [-0.15, -0.1) is 0 Å². The summed E-state index contributed by atoms with van der Waals surface area (Å²) < 4.78 is 9.75. The molecule has 1 aliphatic carbocycles. The van der Waals surface area contributed by atoms with E-state index in [4.69, 9.17) is 4.74 Å². The van der Waals surface area contributed by atoms with E-state index in [-0.39, 0.29) is 30.9 Å². The zero-order valence-corrected chi connectivity index (χ0v) is 10.0. The number of hydrogen-bond donors (Lipinski definition) is 0. The fourth-order valence-corrected chi connectivity index (χ4v) is 1.90. The Morgan fingerprint density at radius 3 is 2.19 bits per heavy atom. The van der Waals surface area contributed by atoms with Gasteiger partial charge in [0.25, 0.3) is 0 Å². The summed E-state index contributed by atoms with van der Waals surface area (Å²) in [6.45, 7) is 2.22. The topological polar surface area (TPSA) is 52.6 Å². The van der Waals surface area contributed by atoms with Crippen LogP contribution in [0.1, 0.15) is 45.4 Å². The normalized spacial score (nSPS) is 24.9. The van der Waals surface area contributed by atoms with E-state index in [1.165, 1.54) is 7.11 Å². The molecule has 0 saturated heterocycles. The van der Waals surface area contributed by atoms with E-state index in [1.807, 2.05) is 0 Å². The molecule has 92 valence electrons. The highest BCUT2D eigenvalue weighted by atomic mass is 16.5. The molecular formula is C12H20O4.